The summed E-state index contributed by atoms with van der Waals surface area (Å²) in [6, 6.07) is 3.68. The first kappa shape index (κ1) is 18.1. The van der Waals surface area contributed by atoms with E-state index in [-0.39, 0.29) is 10.7 Å². The molecule has 0 bridgehead atoms. The number of nitrogens with zero attached hydrogens (tertiary/aromatic N) is 3. The van der Waals surface area contributed by atoms with Crippen molar-refractivity contribution in [2.45, 2.75) is 25.5 Å². The fourth-order valence-corrected chi connectivity index (χ4v) is 3.21. The molecule has 1 fully saturated rings. The van der Waals surface area contributed by atoms with Crippen molar-refractivity contribution in [2.24, 2.45) is 0 Å². The summed E-state index contributed by atoms with van der Waals surface area (Å²) in [5.74, 6) is 1.80. The summed E-state index contributed by atoms with van der Waals surface area (Å²) in [7, 11) is 2.13. The number of carbonyl (C=O) groups is 1. The summed E-state index contributed by atoms with van der Waals surface area (Å²) >= 11 is 1.86. The van der Waals surface area contributed by atoms with E-state index >= 15 is 0 Å². The molecule has 0 aromatic carbocycles. The van der Waals surface area contributed by atoms with Gasteiger partial charge in [-0.1, -0.05) is 20.8 Å². The molecule has 6 heteroatoms. The van der Waals surface area contributed by atoms with Crippen LogP contribution in [0.4, 0.5) is 5.82 Å². The predicted molar refractivity (Wildman–Crippen MR) is 98.5 cm³/mol. The molecule has 1 amide bonds. The molecule has 128 valence electrons. The molecule has 0 unspecified atom stereocenters. The Balaban J connectivity index is 1.87. The Hall–Kier alpha value is -1.27. The van der Waals surface area contributed by atoms with Gasteiger partial charge in [-0.15, -0.1) is 0 Å². The number of hydrogen-bond acceptors (Lipinski definition) is 5. The lowest BCUT2D eigenvalue weighted by atomic mass is 10.2. The van der Waals surface area contributed by atoms with Gasteiger partial charge in [0, 0.05) is 55.0 Å². The Morgan fingerprint density at radius 3 is 2.65 bits per heavy atom. The van der Waals surface area contributed by atoms with Crippen LogP contribution in [0.25, 0.3) is 0 Å². The Morgan fingerprint density at radius 2 is 2.00 bits per heavy atom. The summed E-state index contributed by atoms with van der Waals surface area (Å²) < 4.78 is 0.232. The zero-order valence-corrected chi connectivity index (χ0v) is 15.4. The highest BCUT2D eigenvalue weighted by molar-refractivity contribution is 8.00. The first-order chi connectivity index (χ1) is 10.8. The van der Waals surface area contributed by atoms with Crippen molar-refractivity contribution in [1.82, 2.24) is 15.2 Å². The first-order valence-corrected chi connectivity index (χ1v) is 9.15. The third kappa shape index (κ3) is 6.03. The minimum absolute atomic E-state index is 0.0164. The number of likely N-dealkylation sites (N-methyl/N-ethyl adjacent to an activating group) is 1. The lowest BCUT2D eigenvalue weighted by molar-refractivity contribution is 0.0956. The summed E-state index contributed by atoms with van der Waals surface area (Å²) in [4.78, 5) is 21.3. The normalized spacial score (nSPS) is 16.4. The molecule has 0 aliphatic carbocycles. The van der Waals surface area contributed by atoms with Crippen LogP contribution in [0.3, 0.4) is 0 Å². The van der Waals surface area contributed by atoms with E-state index in [0.29, 0.717) is 12.1 Å². The van der Waals surface area contributed by atoms with Crippen LogP contribution in [0, 0.1) is 0 Å². The summed E-state index contributed by atoms with van der Waals surface area (Å²) in [6.45, 7) is 11.2. The molecule has 0 atom stereocenters. The van der Waals surface area contributed by atoms with Gasteiger partial charge in [0.1, 0.15) is 5.82 Å². The average Bonchev–Trinajstić information content (AvgIpc) is 2.51. The molecule has 1 aromatic rings. The molecule has 1 N–H and O–H groups in total. The van der Waals surface area contributed by atoms with Gasteiger partial charge in [0.2, 0.25) is 0 Å². The highest BCUT2D eigenvalue weighted by atomic mass is 32.2. The van der Waals surface area contributed by atoms with Gasteiger partial charge in [-0.2, -0.15) is 11.8 Å². The highest BCUT2D eigenvalue weighted by Gasteiger charge is 2.17. The monoisotopic (exact) mass is 336 g/mol. The van der Waals surface area contributed by atoms with Gasteiger partial charge in [-0.05, 0) is 19.2 Å². The Morgan fingerprint density at radius 1 is 1.30 bits per heavy atom. The van der Waals surface area contributed by atoms with E-state index in [1.54, 1.807) is 12.3 Å². The maximum Gasteiger partial charge on any atom is 0.251 e. The number of piperazine rings is 1. The van der Waals surface area contributed by atoms with E-state index in [0.717, 1.165) is 37.7 Å². The van der Waals surface area contributed by atoms with Crippen molar-refractivity contribution < 1.29 is 4.79 Å². The van der Waals surface area contributed by atoms with Crippen molar-refractivity contribution in [3.8, 4) is 0 Å². The van der Waals surface area contributed by atoms with E-state index in [9.17, 15) is 4.79 Å². The number of pyridine rings is 1. The zero-order chi connectivity index (χ0) is 16.9. The van der Waals surface area contributed by atoms with Crippen LogP contribution in [0.5, 0.6) is 0 Å². The quantitative estimate of drug-likeness (QED) is 0.835. The molecule has 2 heterocycles. The number of rotatable bonds is 5. The fraction of sp³-hybridized carbons (Fsp3) is 0.647. The second kappa shape index (κ2) is 8.02. The van der Waals surface area contributed by atoms with Crippen LogP contribution in [-0.2, 0) is 0 Å². The Bertz CT molecular complexity index is 522. The SMILES string of the molecule is CN1CCN(c2cc(C(=O)NCCSC(C)(C)C)ccn2)CC1. The van der Waals surface area contributed by atoms with Crippen molar-refractivity contribution in [3.63, 3.8) is 0 Å². The minimum atomic E-state index is -0.0164. The molecule has 1 aliphatic rings. The van der Waals surface area contributed by atoms with E-state index in [1.807, 2.05) is 17.8 Å². The third-order valence-corrected chi connectivity index (χ3v) is 5.03. The fourth-order valence-electron chi connectivity index (χ4n) is 2.39. The highest BCUT2D eigenvalue weighted by Crippen LogP contribution is 2.22. The van der Waals surface area contributed by atoms with Crippen molar-refractivity contribution in [3.05, 3.63) is 23.9 Å². The van der Waals surface area contributed by atoms with Crippen LogP contribution >= 0.6 is 11.8 Å². The topological polar surface area (TPSA) is 48.5 Å². The van der Waals surface area contributed by atoms with Crippen LogP contribution in [0.15, 0.2) is 18.3 Å². The molecule has 1 aliphatic heterocycles. The molecule has 0 spiro atoms. The van der Waals surface area contributed by atoms with E-state index in [2.05, 4.69) is 47.9 Å². The smallest absolute Gasteiger partial charge is 0.251 e. The molecule has 5 nitrogen and oxygen atoms in total. The standard InChI is InChI=1S/C17H28N4OS/c1-17(2,3)23-12-7-19-16(22)14-5-6-18-15(13-14)21-10-8-20(4)9-11-21/h5-6,13H,7-12H2,1-4H3,(H,19,22). The maximum absolute atomic E-state index is 12.3. The van der Waals surface area contributed by atoms with Gasteiger partial charge < -0.3 is 15.1 Å². The Labute approximate surface area is 143 Å². The third-order valence-electron chi connectivity index (χ3n) is 3.76. The number of nitrogens with one attached hydrogen (secondary N) is 1. The second-order valence-corrected chi connectivity index (χ2v) is 8.83. The number of carbonyl (C=O) groups excluding carboxylic acids is 1. The maximum atomic E-state index is 12.3. The molecule has 0 radical (unpaired) electrons. The van der Waals surface area contributed by atoms with E-state index in [4.69, 9.17) is 0 Å². The van der Waals surface area contributed by atoms with E-state index < -0.39 is 0 Å². The van der Waals surface area contributed by atoms with E-state index in [1.165, 1.54) is 0 Å². The predicted octanol–water partition coefficient (Wildman–Crippen LogP) is 2.09. The molecule has 1 saturated heterocycles. The van der Waals surface area contributed by atoms with Gasteiger partial charge in [0.05, 0.1) is 0 Å². The van der Waals surface area contributed by atoms with Crippen molar-refractivity contribution in [2.75, 3.05) is 50.4 Å². The van der Waals surface area contributed by atoms with Gasteiger partial charge in [-0.25, -0.2) is 4.98 Å². The molecule has 1 aromatic heterocycles. The number of thioether (sulfide) groups is 1. The summed E-state index contributed by atoms with van der Waals surface area (Å²) in [6.07, 6.45) is 1.73. The van der Waals surface area contributed by atoms with Crippen LogP contribution in [-0.4, -0.2) is 66.1 Å². The van der Waals surface area contributed by atoms with Crippen LogP contribution < -0.4 is 10.2 Å². The van der Waals surface area contributed by atoms with Crippen molar-refractivity contribution in [1.29, 1.82) is 0 Å². The minimum Gasteiger partial charge on any atom is -0.354 e. The molecule has 0 saturated carbocycles. The number of aromatic nitrogens is 1. The van der Waals surface area contributed by atoms with Crippen LogP contribution in [0.2, 0.25) is 0 Å². The van der Waals surface area contributed by atoms with Gasteiger partial charge in [0.25, 0.3) is 5.91 Å². The van der Waals surface area contributed by atoms with Gasteiger partial charge in [-0.3, -0.25) is 4.79 Å². The summed E-state index contributed by atoms with van der Waals surface area (Å²) in [5, 5.41) is 2.99. The zero-order valence-electron chi connectivity index (χ0n) is 14.6. The van der Waals surface area contributed by atoms with Crippen LogP contribution in [0.1, 0.15) is 31.1 Å². The number of amides is 1. The average molecular weight is 337 g/mol. The second-order valence-electron chi connectivity index (χ2n) is 6.91. The molecule has 2 rings (SSSR count). The lowest BCUT2D eigenvalue weighted by Crippen LogP contribution is -2.44. The molecule has 23 heavy (non-hydrogen) atoms. The number of hydrogen-bond donors (Lipinski definition) is 1. The van der Waals surface area contributed by atoms with Gasteiger partial charge >= 0.3 is 0 Å². The largest absolute Gasteiger partial charge is 0.354 e. The Kier molecular flexibility index (Phi) is 6.30. The molecular formula is C17H28N4OS. The first-order valence-electron chi connectivity index (χ1n) is 8.17. The number of anilines is 1. The lowest BCUT2D eigenvalue weighted by Gasteiger charge is -2.33. The summed E-state index contributed by atoms with van der Waals surface area (Å²) in [5.41, 5.74) is 0.690. The van der Waals surface area contributed by atoms with Crippen molar-refractivity contribution >= 4 is 23.5 Å². The molecular weight excluding hydrogens is 308 g/mol. The van der Waals surface area contributed by atoms with Gasteiger partial charge in [0.15, 0.2) is 0 Å².